The second-order valence-corrected chi connectivity index (χ2v) is 10.5. The average Bonchev–Trinajstić information content (AvgIpc) is 3.37. The number of amides is 1. The molecule has 0 saturated carbocycles. The van der Waals surface area contributed by atoms with E-state index in [4.69, 9.17) is 9.15 Å². The first-order valence-electron chi connectivity index (χ1n) is 12.6. The van der Waals surface area contributed by atoms with Crippen LogP contribution in [0.1, 0.15) is 54.4 Å². The summed E-state index contributed by atoms with van der Waals surface area (Å²) >= 11 is 0. The Balaban J connectivity index is 1.60. The summed E-state index contributed by atoms with van der Waals surface area (Å²) in [4.78, 5) is 41.1. The van der Waals surface area contributed by atoms with Crippen LogP contribution in [0, 0.1) is 5.41 Å². The summed E-state index contributed by atoms with van der Waals surface area (Å²) < 4.78 is 10.2. The molecular formula is C30H31N3O5. The molecule has 1 aliphatic heterocycles. The Morgan fingerprint density at radius 1 is 1.08 bits per heavy atom. The number of methoxy groups -OCH3 is 1. The van der Waals surface area contributed by atoms with Crippen molar-refractivity contribution in [2.75, 3.05) is 23.9 Å². The average molecular weight is 514 g/mol. The van der Waals surface area contributed by atoms with Gasteiger partial charge in [-0.3, -0.25) is 9.59 Å². The van der Waals surface area contributed by atoms with Gasteiger partial charge in [-0.2, -0.15) is 0 Å². The third-order valence-corrected chi connectivity index (χ3v) is 7.01. The summed E-state index contributed by atoms with van der Waals surface area (Å²) in [6.07, 6.45) is 2.66. The molecule has 5 rings (SSSR count). The van der Waals surface area contributed by atoms with Gasteiger partial charge in [0.15, 0.2) is 5.78 Å². The van der Waals surface area contributed by atoms with Gasteiger partial charge < -0.3 is 24.7 Å². The van der Waals surface area contributed by atoms with Crippen LogP contribution in [0.4, 0.5) is 11.4 Å². The van der Waals surface area contributed by atoms with Gasteiger partial charge in [-0.1, -0.05) is 38.1 Å². The highest BCUT2D eigenvalue weighted by molar-refractivity contribution is 6.02. The normalized spacial score (nSPS) is 18.1. The molecule has 0 spiro atoms. The number of ketones is 1. The lowest BCUT2D eigenvalue weighted by Crippen LogP contribution is -2.41. The van der Waals surface area contributed by atoms with Crippen LogP contribution < -0.4 is 15.5 Å². The Bertz CT molecular complexity index is 1390. The minimum Gasteiger partial charge on any atom is -0.467 e. The predicted molar refractivity (Wildman–Crippen MR) is 144 cm³/mol. The monoisotopic (exact) mass is 513 g/mol. The van der Waals surface area contributed by atoms with E-state index in [9.17, 15) is 14.4 Å². The summed E-state index contributed by atoms with van der Waals surface area (Å²) in [5.74, 6) is 0.0505. The van der Waals surface area contributed by atoms with Crippen LogP contribution in [0.5, 0.6) is 0 Å². The zero-order chi connectivity index (χ0) is 26.9. The van der Waals surface area contributed by atoms with Crippen LogP contribution in [0.15, 0.2) is 82.6 Å². The van der Waals surface area contributed by atoms with Crippen molar-refractivity contribution in [3.05, 3.63) is 95.1 Å². The third-order valence-electron chi connectivity index (χ3n) is 7.01. The molecule has 1 atom stereocenters. The molecule has 1 amide bonds. The molecule has 2 aliphatic rings. The number of Topliss-reactive ketones (excluding diaryl/α,β-unsaturated/α-hetero) is 1. The summed E-state index contributed by atoms with van der Waals surface area (Å²) in [7, 11) is 1.34. The van der Waals surface area contributed by atoms with Crippen LogP contribution in [-0.2, 0) is 20.9 Å². The zero-order valence-corrected chi connectivity index (χ0v) is 21.7. The maximum atomic E-state index is 13.8. The van der Waals surface area contributed by atoms with E-state index in [1.54, 1.807) is 30.5 Å². The molecule has 196 valence electrons. The second kappa shape index (κ2) is 10.2. The highest BCUT2D eigenvalue weighted by Crippen LogP contribution is 2.48. The molecule has 8 heteroatoms. The van der Waals surface area contributed by atoms with Gasteiger partial charge in [-0.15, -0.1) is 0 Å². The molecular weight excluding hydrogens is 482 g/mol. The number of rotatable bonds is 6. The predicted octanol–water partition coefficient (Wildman–Crippen LogP) is 5.00. The van der Waals surface area contributed by atoms with Gasteiger partial charge in [0.1, 0.15) is 5.76 Å². The maximum Gasteiger partial charge on any atom is 0.337 e. The topological polar surface area (TPSA) is 101 Å². The van der Waals surface area contributed by atoms with Gasteiger partial charge in [0.05, 0.1) is 49.4 Å². The smallest absolute Gasteiger partial charge is 0.337 e. The van der Waals surface area contributed by atoms with Crippen molar-refractivity contribution in [3.63, 3.8) is 0 Å². The van der Waals surface area contributed by atoms with Crippen molar-refractivity contribution >= 4 is 29.0 Å². The van der Waals surface area contributed by atoms with Crippen LogP contribution in [0.3, 0.4) is 0 Å². The fraction of sp³-hybridized carbons (Fsp3) is 0.300. The van der Waals surface area contributed by atoms with E-state index >= 15 is 0 Å². The van der Waals surface area contributed by atoms with Crippen molar-refractivity contribution in [1.29, 1.82) is 0 Å². The van der Waals surface area contributed by atoms with Crippen molar-refractivity contribution < 1.29 is 23.5 Å². The summed E-state index contributed by atoms with van der Waals surface area (Å²) in [5.41, 5.74) is 4.16. The zero-order valence-electron chi connectivity index (χ0n) is 21.7. The SMILES string of the molecule is COC(=O)c1ccc(C2C3=C(CC(C)(C)CC3=O)Nc3ccccc3N2CC(=O)NCc2ccco2)cc1. The van der Waals surface area contributed by atoms with Gasteiger partial charge in [0.25, 0.3) is 0 Å². The summed E-state index contributed by atoms with van der Waals surface area (Å²) in [6.45, 7) is 4.45. The number of nitrogens with one attached hydrogen (secondary N) is 2. The summed E-state index contributed by atoms with van der Waals surface area (Å²) in [6, 6.07) is 17.8. The maximum absolute atomic E-state index is 13.8. The number of furan rings is 1. The fourth-order valence-electron chi connectivity index (χ4n) is 5.30. The fourth-order valence-corrected chi connectivity index (χ4v) is 5.30. The third kappa shape index (κ3) is 5.07. The van der Waals surface area contributed by atoms with E-state index in [0.717, 1.165) is 22.6 Å². The minimum absolute atomic E-state index is 0.0102. The number of fused-ring (bicyclic) bond motifs is 1. The number of esters is 1. The van der Waals surface area contributed by atoms with Gasteiger partial charge in [-0.25, -0.2) is 4.79 Å². The summed E-state index contributed by atoms with van der Waals surface area (Å²) in [5, 5.41) is 6.47. The number of benzene rings is 2. The Morgan fingerprint density at radius 3 is 2.55 bits per heavy atom. The lowest BCUT2D eigenvalue weighted by Gasteiger charge is -2.37. The Kier molecular flexibility index (Phi) is 6.80. The first kappa shape index (κ1) is 25.3. The van der Waals surface area contributed by atoms with Gasteiger partial charge >= 0.3 is 5.97 Å². The van der Waals surface area contributed by atoms with E-state index in [0.29, 0.717) is 29.7 Å². The molecule has 0 bridgehead atoms. The van der Waals surface area contributed by atoms with Crippen molar-refractivity contribution in [1.82, 2.24) is 5.32 Å². The van der Waals surface area contributed by atoms with Crippen LogP contribution in [0.2, 0.25) is 0 Å². The number of carbonyl (C=O) groups is 3. The number of nitrogens with zero attached hydrogens (tertiary/aromatic N) is 1. The van der Waals surface area contributed by atoms with Crippen LogP contribution in [0.25, 0.3) is 0 Å². The molecule has 1 aliphatic carbocycles. The molecule has 2 aromatic carbocycles. The highest BCUT2D eigenvalue weighted by atomic mass is 16.5. The molecule has 8 nitrogen and oxygen atoms in total. The van der Waals surface area contributed by atoms with E-state index < -0.39 is 12.0 Å². The lowest BCUT2D eigenvalue weighted by atomic mass is 9.73. The highest BCUT2D eigenvalue weighted by Gasteiger charge is 2.41. The standard InChI is InChI=1S/C30H31N3O5/c1-30(2)15-23-27(25(34)16-30)28(19-10-12-20(13-11-19)29(36)37-3)33(24-9-5-4-8-22(24)32-23)18-26(35)31-17-21-7-6-14-38-21/h4-14,28,32H,15-18H2,1-3H3,(H,31,35). The molecule has 3 aromatic rings. The molecule has 38 heavy (non-hydrogen) atoms. The Morgan fingerprint density at radius 2 is 1.84 bits per heavy atom. The first-order chi connectivity index (χ1) is 18.3. The number of anilines is 2. The quantitative estimate of drug-likeness (QED) is 0.448. The molecule has 0 radical (unpaired) electrons. The van der Waals surface area contributed by atoms with Crippen LogP contribution >= 0.6 is 0 Å². The van der Waals surface area contributed by atoms with Crippen molar-refractivity contribution in [2.45, 2.75) is 39.3 Å². The first-order valence-corrected chi connectivity index (χ1v) is 12.6. The van der Waals surface area contributed by atoms with E-state index in [1.807, 2.05) is 41.3 Å². The largest absolute Gasteiger partial charge is 0.467 e. The molecule has 0 saturated heterocycles. The van der Waals surface area contributed by atoms with Gasteiger partial charge in [0, 0.05) is 17.7 Å². The van der Waals surface area contributed by atoms with Crippen LogP contribution in [-0.4, -0.2) is 31.3 Å². The number of carbonyl (C=O) groups excluding carboxylic acids is 3. The molecule has 1 unspecified atom stereocenters. The number of hydrogen-bond donors (Lipinski definition) is 2. The van der Waals surface area contributed by atoms with E-state index in [-0.39, 0.29) is 30.2 Å². The Hall–Kier alpha value is -4.33. The van der Waals surface area contributed by atoms with Gasteiger partial charge in [0.2, 0.25) is 5.91 Å². The van der Waals surface area contributed by atoms with E-state index in [1.165, 1.54) is 7.11 Å². The second-order valence-electron chi connectivity index (χ2n) is 10.5. The van der Waals surface area contributed by atoms with Crippen molar-refractivity contribution in [3.8, 4) is 0 Å². The number of para-hydroxylation sites is 2. The Labute approximate surface area is 221 Å². The molecule has 0 fully saturated rings. The number of hydrogen-bond acceptors (Lipinski definition) is 7. The number of allylic oxidation sites excluding steroid dienone is 1. The number of ether oxygens (including phenoxy) is 1. The van der Waals surface area contributed by atoms with Crippen molar-refractivity contribution in [2.24, 2.45) is 5.41 Å². The molecule has 2 heterocycles. The lowest BCUT2D eigenvalue weighted by molar-refractivity contribution is -0.121. The van der Waals surface area contributed by atoms with Gasteiger partial charge in [-0.05, 0) is 53.8 Å². The molecule has 1 aromatic heterocycles. The molecule has 2 N–H and O–H groups in total. The van der Waals surface area contributed by atoms with E-state index in [2.05, 4.69) is 24.5 Å². The minimum atomic E-state index is -0.536.